The minimum atomic E-state index is -3.95. The van der Waals surface area contributed by atoms with Gasteiger partial charge < -0.3 is 20.1 Å². The minimum absolute atomic E-state index is 0.0451. The summed E-state index contributed by atoms with van der Waals surface area (Å²) in [5, 5.41) is 2.61. The van der Waals surface area contributed by atoms with Crippen molar-refractivity contribution in [3.63, 3.8) is 0 Å². The van der Waals surface area contributed by atoms with Crippen LogP contribution in [0.1, 0.15) is 10.5 Å². The highest BCUT2D eigenvalue weighted by molar-refractivity contribution is 7.97. The molecule has 0 spiro atoms. The molecule has 3 aromatic rings. The number of sulfone groups is 1. The summed E-state index contributed by atoms with van der Waals surface area (Å²) in [5.74, 6) is -0.650. The molecule has 0 atom stereocenters. The number of hydrogen-bond donors (Lipinski definition) is 2. The molecule has 1 heterocycles. The molecule has 10 nitrogen and oxygen atoms in total. The van der Waals surface area contributed by atoms with E-state index >= 15 is 0 Å². The Morgan fingerprint density at radius 1 is 1.06 bits per heavy atom. The highest BCUT2D eigenvalue weighted by Gasteiger charge is 2.31. The molecule has 168 valence electrons. The second-order valence-electron chi connectivity index (χ2n) is 6.55. The quantitative estimate of drug-likeness (QED) is 0.467. The van der Waals surface area contributed by atoms with Crippen LogP contribution in [0, 0.1) is 0 Å². The largest absolute Gasteiger partial charge is 0.382 e. The molecule has 0 aliphatic heterocycles. The summed E-state index contributed by atoms with van der Waals surface area (Å²) in [6, 6.07) is 14.5. The van der Waals surface area contributed by atoms with Gasteiger partial charge in [-0.1, -0.05) is 30.3 Å². The Balaban J connectivity index is 1.79. The van der Waals surface area contributed by atoms with Crippen molar-refractivity contribution in [3.8, 4) is 11.3 Å². The Morgan fingerprint density at radius 2 is 1.69 bits per heavy atom. The summed E-state index contributed by atoms with van der Waals surface area (Å²) in [5.41, 5.74) is 6.51. The van der Waals surface area contributed by atoms with Crippen LogP contribution >= 0.6 is 7.60 Å². The van der Waals surface area contributed by atoms with Crippen LogP contribution in [-0.4, -0.2) is 44.0 Å². The average molecular weight is 476 g/mol. The number of aromatic nitrogens is 2. The summed E-state index contributed by atoms with van der Waals surface area (Å²) in [6.07, 6.45) is 1.47. The number of rotatable bonds is 8. The fourth-order valence-corrected chi connectivity index (χ4v) is 6.52. The van der Waals surface area contributed by atoms with E-state index in [-0.39, 0.29) is 16.4 Å². The Morgan fingerprint density at radius 3 is 2.28 bits per heavy atom. The van der Waals surface area contributed by atoms with Crippen LogP contribution in [0.2, 0.25) is 0 Å². The molecule has 32 heavy (non-hydrogen) atoms. The molecular weight excluding hydrogens is 455 g/mol. The normalized spacial score (nSPS) is 11.8. The fourth-order valence-electron chi connectivity index (χ4n) is 2.71. The predicted molar refractivity (Wildman–Crippen MR) is 120 cm³/mol. The van der Waals surface area contributed by atoms with Crippen LogP contribution in [0.3, 0.4) is 0 Å². The molecular formula is C20H21N4O6PS. The number of carbonyl (C=O) groups is 1. The van der Waals surface area contributed by atoms with Gasteiger partial charge in [0.05, 0.1) is 16.8 Å². The molecule has 1 aromatic heterocycles. The second-order valence-corrected chi connectivity index (χ2v) is 11.2. The van der Waals surface area contributed by atoms with E-state index in [1.807, 2.05) is 30.3 Å². The van der Waals surface area contributed by atoms with Crippen molar-refractivity contribution in [1.82, 2.24) is 9.97 Å². The number of amides is 1. The Bertz CT molecular complexity index is 1260. The average Bonchev–Trinajstić information content (AvgIpc) is 2.80. The zero-order valence-corrected chi connectivity index (χ0v) is 19.0. The minimum Gasteiger partial charge on any atom is -0.382 e. The Labute approximate surface area is 185 Å². The van der Waals surface area contributed by atoms with E-state index in [9.17, 15) is 17.8 Å². The summed E-state index contributed by atoms with van der Waals surface area (Å²) in [7, 11) is -5.49. The molecule has 0 saturated heterocycles. The third-order valence-corrected chi connectivity index (χ3v) is 9.17. The maximum atomic E-state index is 12.7. The zero-order valence-electron chi connectivity index (χ0n) is 17.3. The first-order chi connectivity index (χ1) is 15.2. The van der Waals surface area contributed by atoms with Crippen LogP contribution in [-0.2, 0) is 23.4 Å². The molecule has 0 radical (unpaired) electrons. The molecule has 0 aliphatic rings. The number of nitrogens with two attached hydrogens (primary N) is 1. The van der Waals surface area contributed by atoms with Crippen LogP contribution in [0.4, 0.5) is 11.5 Å². The molecule has 3 rings (SSSR count). The maximum Gasteiger partial charge on any atom is 0.345 e. The molecule has 0 unspecified atom stereocenters. The van der Waals surface area contributed by atoms with Crippen molar-refractivity contribution >= 4 is 34.8 Å². The summed E-state index contributed by atoms with van der Waals surface area (Å²) >= 11 is 0. The van der Waals surface area contributed by atoms with Gasteiger partial charge in [0.1, 0.15) is 0 Å². The van der Waals surface area contributed by atoms with E-state index in [1.165, 1.54) is 30.5 Å². The summed E-state index contributed by atoms with van der Waals surface area (Å²) in [4.78, 5) is 20.9. The van der Waals surface area contributed by atoms with Gasteiger partial charge in [-0.2, -0.15) is 0 Å². The number of nitrogen functional groups attached to an aromatic ring is 1. The topological polar surface area (TPSA) is 151 Å². The molecule has 0 aliphatic carbocycles. The van der Waals surface area contributed by atoms with Gasteiger partial charge in [-0.15, -0.1) is 0 Å². The highest BCUT2D eigenvalue weighted by atomic mass is 32.2. The highest BCUT2D eigenvalue weighted by Crippen LogP contribution is 2.48. The predicted octanol–water partition coefficient (Wildman–Crippen LogP) is 3.20. The van der Waals surface area contributed by atoms with Gasteiger partial charge in [0, 0.05) is 25.5 Å². The lowest BCUT2D eigenvalue weighted by atomic mass is 10.1. The molecule has 3 N–H and O–H groups in total. The summed E-state index contributed by atoms with van der Waals surface area (Å²) in [6.45, 7) is 0. The summed E-state index contributed by atoms with van der Waals surface area (Å²) < 4.78 is 46.5. The van der Waals surface area contributed by atoms with Crippen molar-refractivity contribution in [1.29, 1.82) is 0 Å². The van der Waals surface area contributed by atoms with Crippen molar-refractivity contribution in [2.75, 3.05) is 30.8 Å². The SMILES string of the molecule is COP(=O)(CS(=O)(=O)c1ccc(NC(=O)c2nc(-c3ccccc3)cnc2N)cc1)OC. The monoisotopic (exact) mass is 476 g/mol. The van der Waals surface area contributed by atoms with Crippen LogP contribution < -0.4 is 11.1 Å². The lowest BCUT2D eigenvalue weighted by molar-refractivity contribution is 0.102. The molecule has 0 saturated carbocycles. The van der Waals surface area contributed by atoms with Crippen molar-refractivity contribution < 1.29 is 26.8 Å². The van der Waals surface area contributed by atoms with Gasteiger partial charge >= 0.3 is 7.60 Å². The number of hydrogen-bond acceptors (Lipinski definition) is 9. The number of nitrogens with zero attached hydrogens (tertiary/aromatic N) is 2. The number of anilines is 2. The van der Waals surface area contributed by atoms with E-state index in [4.69, 9.17) is 14.8 Å². The lowest BCUT2D eigenvalue weighted by Gasteiger charge is -2.14. The van der Waals surface area contributed by atoms with Crippen molar-refractivity contribution in [3.05, 3.63) is 66.5 Å². The van der Waals surface area contributed by atoms with Gasteiger partial charge in [-0.25, -0.2) is 18.4 Å². The van der Waals surface area contributed by atoms with Crippen molar-refractivity contribution in [2.24, 2.45) is 0 Å². The molecule has 2 aromatic carbocycles. The fraction of sp³-hybridized carbons (Fsp3) is 0.150. The van der Waals surface area contributed by atoms with Crippen LogP contribution in [0.5, 0.6) is 0 Å². The van der Waals surface area contributed by atoms with E-state index in [0.717, 1.165) is 19.8 Å². The van der Waals surface area contributed by atoms with E-state index in [1.54, 1.807) is 0 Å². The number of carbonyl (C=O) groups excluding carboxylic acids is 1. The third kappa shape index (κ3) is 5.38. The van der Waals surface area contributed by atoms with Crippen molar-refractivity contribution in [2.45, 2.75) is 4.90 Å². The lowest BCUT2D eigenvalue weighted by Crippen LogP contribution is -2.17. The number of nitrogens with one attached hydrogen (secondary N) is 1. The molecule has 12 heteroatoms. The van der Waals surface area contributed by atoms with Gasteiger partial charge in [0.25, 0.3) is 5.91 Å². The van der Waals surface area contributed by atoms with E-state index in [2.05, 4.69) is 15.3 Å². The molecule has 1 amide bonds. The van der Waals surface area contributed by atoms with E-state index < -0.39 is 28.8 Å². The first kappa shape index (κ1) is 23.6. The van der Waals surface area contributed by atoms with E-state index in [0.29, 0.717) is 11.4 Å². The van der Waals surface area contributed by atoms with Crippen LogP contribution in [0.25, 0.3) is 11.3 Å². The van der Waals surface area contributed by atoms with Crippen LogP contribution in [0.15, 0.2) is 65.7 Å². The van der Waals surface area contributed by atoms with Gasteiger partial charge in [-0.3, -0.25) is 9.36 Å². The standard InChI is InChI=1S/C20H21N4O6PS/c1-29-31(26,30-2)13-32(27,28)16-10-8-15(9-11-16)23-20(25)18-19(21)22-12-17(24-18)14-6-4-3-5-7-14/h3-12H,13H2,1-2H3,(H2,21,22)(H,23,25). The Hall–Kier alpha value is -3.11. The van der Waals surface area contributed by atoms with Gasteiger partial charge in [0.2, 0.25) is 0 Å². The number of benzene rings is 2. The maximum absolute atomic E-state index is 12.7. The second kappa shape index (κ2) is 9.58. The molecule has 0 fully saturated rings. The third-order valence-electron chi connectivity index (χ3n) is 4.44. The van der Waals surface area contributed by atoms with Gasteiger partial charge in [0.15, 0.2) is 26.8 Å². The first-order valence-electron chi connectivity index (χ1n) is 9.20. The zero-order chi connectivity index (χ0) is 23.4. The van der Waals surface area contributed by atoms with Gasteiger partial charge in [-0.05, 0) is 24.3 Å². The Kier molecular flexibility index (Phi) is 7.05. The smallest absolute Gasteiger partial charge is 0.345 e. The first-order valence-corrected chi connectivity index (χ1v) is 12.6. The molecule has 0 bridgehead atoms.